The zero-order chi connectivity index (χ0) is 14.4. The van der Waals surface area contributed by atoms with Crippen molar-refractivity contribution in [3.05, 3.63) is 18.0 Å². The molecule has 0 amide bonds. The Labute approximate surface area is 124 Å². The van der Waals surface area contributed by atoms with Gasteiger partial charge in [0.05, 0.1) is 6.20 Å². The first-order chi connectivity index (χ1) is 9.76. The molecular formula is C17H31N3. The number of aryl methyl sites for hydroxylation is 1. The minimum atomic E-state index is 0.618. The van der Waals surface area contributed by atoms with Crippen molar-refractivity contribution in [2.45, 2.75) is 71.4 Å². The Morgan fingerprint density at radius 1 is 1.30 bits per heavy atom. The molecule has 0 radical (unpaired) electrons. The van der Waals surface area contributed by atoms with Crippen molar-refractivity contribution < 1.29 is 0 Å². The largest absolute Gasteiger partial charge is 0.316 e. The summed E-state index contributed by atoms with van der Waals surface area (Å²) in [5, 5.41) is 7.95. The van der Waals surface area contributed by atoms with Crippen LogP contribution in [0.3, 0.4) is 0 Å². The van der Waals surface area contributed by atoms with Gasteiger partial charge in [-0.3, -0.25) is 4.68 Å². The third-order valence-corrected chi connectivity index (χ3v) is 4.99. The van der Waals surface area contributed by atoms with Gasteiger partial charge in [0.15, 0.2) is 0 Å². The molecule has 1 heterocycles. The van der Waals surface area contributed by atoms with E-state index in [2.05, 4.69) is 37.5 Å². The van der Waals surface area contributed by atoms with Gasteiger partial charge in [0.2, 0.25) is 0 Å². The molecule has 1 aliphatic rings. The van der Waals surface area contributed by atoms with Gasteiger partial charge in [0, 0.05) is 18.8 Å². The maximum Gasteiger partial charge on any atom is 0.0522 e. The average Bonchev–Trinajstić information content (AvgIpc) is 2.94. The van der Waals surface area contributed by atoms with E-state index in [4.69, 9.17) is 0 Å². The molecule has 0 bridgehead atoms. The summed E-state index contributed by atoms with van der Waals surface area (Å²) in [6.07, 6.45) is 13.8. The van der Waals surface area contributed by atoms with Crippen LogP contribution in [-0.2, 0) is 13.0 Å². The molecule has 1 aliphatic carbocycles. The third kappa shape index (κ3) is 4.08. The van der Waals surface area contributed by atoms with E-state index in [1.165, 1.54) is 44.1 Å². The molecule has 2 rings (SSSR count). The van der Waals surface area contributed by atoms with Gasteiger partial charge in [-0.2, -0.15) is 5.10 Å². The first-order valence-corrected chi connectivity index (χ1v) is 8.45. The molecule has 0 aromatic carbocycles. The summed E-state index contributed by atoms with van der Waals surface area (Å²) in [5.41, 5.74) is 1.38. The molecule has 1 saturated carbocycles. The average molecular weight is 277 g/mol. The number of hydrogen-bond acceptors (Lipinski definition) is 2. The summed E-state index contributed by atoms with van der Waals surface area (Å²) in [7, 11) is 2.12. The van der Waals surface area contributed by atoms with E-state index in [9.17, 15) is 0 Å². The molecule has 3 heteroatoms. The minimum absolute atomic E-state index is 0.618. The zero-order valence-corrected chi connectivity index (χ0v) is 13.4. The van der Waals surface area contributed by atoms with Gasteiger partial charge in [-0.25, -0.2) is 0 Å². The van der Waals surface area contributed by atoms with E-state index in [0.29, 0.717) is 6.04 Å². The van der Waals surface area contributed by atoms with Gasteiger partial charge < -0.3 is 5.32 Å². The van der Waals surface area contributed by atoms with Gasteiger partial charge >= 0.3 is 0 Å². The van der Waals surface area contributed by atoms with Crippen LogP contribution in [0.2, 0.25) is 0 Å². The number of nitrogens with one attached hydrogen (secondary N) is 1. The fraction of sp³-hybridized carbons (Fsp3) is 0.824. The van der Waals surface area contributed by atoms with Gasteiger partial charge in [-0.05, 0) is 50.6 Å². The second-order valence-corrected chi connectivity index (χ2v) is 6.37. The number of likely N-dealkylation sites (N-methyl/N-ethyl adjacent to an activating group) is 1. The highest BCUT2D eigenvalue weighted by Gasteiger charge is 2.26. The monoisotopic (exact) mass is 277 g/mol. The molecule has 1 aromatic heterocycles. The number of hydrogen-bond donors (Lipinski definition) is 1. The van der Waals surface area contributed by atoms with Gasteiger partial charge in [0.25, 0.3) is 0 Å². The lowest BCUT2D eigenvalue weighted by molar-refractivity contribution is 0.217. The van der Waals surface area contributed by atoms with Crippen LogP contribution in [-0.4, -0.2) is 22.9 Å². The van der Waals surface area contributed by atoms with Crippen molar-refractivity contribution >= 4 is 0 Å². The zero-order valence-electron chi connectivity index (χ0n) is 13.4. The lowest BCUT2D eigenvalue weighted by Gasteiger charge is -2.33. The molecule has 1 fully saturated rings. The smallest absolute Gasteiger partial charge is 0.0522 e. The fourth-order valence-electron chi connectivity index (χ4n) is 3.73. The van der Waals surface area contributed by atoms with Crippen LogP contribution in [0, 0.1) is 11.8 Å². The normalized spacial score (nSPS) is 24.8. The molecule has 1 N–H and O–H groups in total. The van der Waals surface area contributed by atoms with Crippen molar-refractivity contribution in [2.75, 3.05) is 7.05 Å². The minimum Gasteiger partial charge on any atom is -0.316 e. The summed E-state index contributed by atoms with van der Waals surface area (Å²) in [4.78, 5) is 0. The van der Waals surface area contributed by atoms with Gasteiger partial charge in [0.1, 0.15) is 0 Å². The van der Waals surface area contributed by atoms with Crippen LogP contribution in [0.1, 0.15) is 57.9 Å². The van der Waals surface area contributed by atoms with Crippen molar-refractivity contribution in [1.82, 2.24) is 15.1 Å². The molecule has 114 valence electrons. The second-order valence-electron chi connectivity index (χ2n) is 6.37. The van der Waals surface area contributed by atoms with Crippen LogP contribution in [0.5, 0.6) is 0 Å². The van der Waals surface area contributed by atoms with Crippen LogP contribution < -0.4 is 5.32 Å². The van der Waals surface area contributed by atoms with Crippen LogP contribution in [0.15, 0.2) is 12.4 Å². The topological polar surface area (TPSA) is 29.9 Å². The Morgan fingerprint density at radius 2 is 2.05 bits per heavy atom. The maximum atomic E-state index is 4.39. The third-order valence-electron chi connectivity index (χ3n) is 4.99. The van der Waals surface area contributed by atoms with Crippen LogP contribution in [0.25, 0.3) is 0 Å². The summed E-state index contributed by atoms with van der Waals surface area (Å²) in [6.45, 7) is 5.42. The highest BCUT2D eigenvalue weighted by atomic mass is 15.3. The second kappa shape index (κ2) is 7.82. The lowest BCUT2D eigenvalue weighted by atomic mass is 9.76. The highest BCUT2D eigenvalue weighted by molar-refractivity contribution is 5.07. The number of aromatic nitrogens is 2. The molecule has 3 nitrogen and oxygen atoms in total. The number of rotatable bonds is 7. The molecule has 1 atom stereocenters. The highest BCUT2D eigenvalue weighted by Crippen LogP contribution is 2.33. The van der Waals surface area contributed by atoms with E-state index >= 15 is 0 Å². The summed E-state index contributed by atoms with van der Waals surface area (Å²) in [6, 6.07) is 0.618. The van der Waals surface area contributed by atoms with E-state index in [-0.39, 0.29) is 0 Å². The molecule has 1 aromatic rings. The van der Waals surface area contributed by atoms with Crippen LogP contribution in [0.4, 0.5) is 0 Å². The Hall–Kier alpha value is -0.830. The summed E-state index contributed by atoms with van der Waals surface area (Å²) >= 11 is 0. The van der Waals surface area contributed by atoms with Gasteiger partial charge in [-0.15, -0.1) is 0 Å². The van der Waals surface area contributed by atoms with Gasteiger partial charge in [-0.1, -0.05) is 32.6 Å². The maximum absolute atomic E-state index is 4.39. The number of nitrogens with zero attached hydrogens (tertiary/aromatic N) is 2. The van der Waals surface area contributed by atoms with E-state index in [1.807, 2.05) is 10.9 Å². The molecule has 0 spiro atoms. The molecule has 0 aliphatic heterocycles. The van der Waals surface area contributed by atoms with E-state index < -0.39 is 0 Å². The lowest BCUT2D eigenvalue weighted by Crippen LogP contribution is -2.37. The molecule has 1 unspecified atom stereocenters. The summed E-state index contributed by atoms with van der Waals surface area (Å²) < 4.78 is 2.03. The predicted molar refractivity (Wildman–Crippen MR) is 84.8 cm³/mol. The Balaban J connectivity index is 1.86. The molecule has 20 heavy (non-hydrogen) atoms. The quantitative estimate of drug-likeness (QED) is 0.824. The fourth-order valence-corrected chi connectivity index (χ4v) is 3.73. The Kier molecular flexibility index (Phi) is 6.08. The predicted octanol–water partition coefficient (Wildman–Crippen LogP) is 3.64. The standard InChI is InChI=1S/C17H31N3/c1-4-6-14-7-9-16(10-8-14)17(18-3)11-15-12-19-20(5-2)13-15/h12-14,16-18H,4-11H2,1-3H3. The van der Waals surface area contributed by atoms with Crippen molar-refractivity contribution in [1.29, 1.82) is 0 Å². The summed E-state index contributed by atoms with van der Waals surface area (Å²) in [5.74, 6) is 1.84. The van der Waals surface area contributed by atoms with E-state index in [1.54, 1.807) is 0 Å². The first-order valence-electron chi connectivity index (χ1n) is 8.45. The van der Waals surface area contributed by atoms with E-state index in [0.717, 1.165) is 24.8 Å². The van der Waals surface area contributed by atoms with Crippen molar-refractivity contribution in [3.8, 4) is 0 Å². The van der Waals surface area contributed by atoms with Crippen molar-refractivity contribution in [2.24, 2.45) is 11.8 Å². The molecular weight excluding hydrogens is 246 g/mol. The SMILES string of the molecule is CCCC1CCC(C(Cc2cnn(CC)c2)NC)CC1. The first kappa shape index (κ1) is 15.6. The molecule has 0 saturated heterocycles. The Morgan fingerprint density at radius 3 is 2.60 bits per heavy atom. The Bertz CT molecular complexity index is 377. The van der Waals surface area contributed by atoms with Crippen molar-refractivity contribution in [3.63, 3.8) is 0 Å². The van der Waals surface area contributed by atoms with Crippen LogP contribution >= 0.6 is 0 Å².